The minimum atomic E-state index is 0.197. The quantitative estimate of drug-likeness (QED) is 0.807. The van der Waals surface area contributed by atoms with Gasteiger partial charge >= 0.3 is 0 Å². The molecule has 1 fully saturated rings. The molecule has 3 rings (SSSR count). The van der Waals surface area contributed by atoms with Crippen molar-refractivity contribution in [2.24, 2.45) is 0 Å². The van der Waals surface area contributed by atoms with Crippen molar-refractivity contribution < 1.29 is 9.52 Å². The molecule has 0 aliphatic heterocycles. The van der Waals surface area contributed by atoms with E-state index in [4.69, 9.17) is 9.52 Å². The first-order valence-electron chi connectivity index (χ1n) is 7.54. The van der Waals surface area contributed by atoms with Crippen LogP contribution < -0.4 is 0 Å². The van der Waals surface area contributed by atoms with E-state index in [-0.39, 0.29) is 6.61 Å². The maximum Gasteiger partial charge on any atom is 0.230 e. The highest BCUT2D eigenvalue weighted by molar-refractivity contribution is 5.14. The minimum absolute atomic E-state index is 0.197. The van der Waals surface area contributed by atoms with E-state index >= 15 is 0 Å². The van der Waals surface area contributed by atoms with E-state index in [1.54, 1.807) is 0 Å². The molecule has 5 nitrogen and oxygen atoms in total. The highest BCUT2D eigenvalue weighted by atomic mass is 16.4. The Balaban J connectivity index is 1.63. The molecule has 1 aliphatic carbocycles. The zero-order valence-corrected chi connectivity index (χ0v) is 12.1. The molecule has 0 unspecified atom stereocenters. The number of aromatic nitrogens is 2. The molecule has 21 heavy (non-hydrogen) atoms. The molecule has 5 heteroatoms. The molecule has 1 aliphatic rings. The standard InChI is InChI=1S/C16H21N3O2/c20-10-4-9-19(11-13-5-2-1-3-6-13)12-15-17-18-16(21-15)14-7-8-14/h1-3,5-6,14,20H,4,7-12H2. The lowest BCUT2D eigenvalue weighted by Gasteiger charge is -2.20. The Labute approximate surface area is 124 Å². The van der Waals surface area contributed by atoms with Gasteiger partial charge in [-0.15, -0.1) is 10.2 Å². The summed E-state index contributed by atoms with van der Waals surface area (Å²) in [4.78, 5) is 2.23. The lowest BCUT2D eigenvalue weighted by molar-refractivity contribution is 0.197. The second-order valence-electron chi connectivity index (χ2n) is 5.58. The minimum Gasteiger partial charge on any atom is -0.424 e. The molecular weight excluding hydrogens is 266 g/mol. The summed E-state index contributed by atoms with van der Waals surface area (Å²) in [7, 11) is 0. The third-order valence-corrected chi connectivity index (χ3v) is 3.65. The van der Waals surface area contributed by atoms with Crippen molar-refractivity contribution in [2.75, 3.05) is 13.2 Å². The largest absolute Gasteiger partial charge is 0.424 e. The topological polar surface area (TPSA) is 62.4 Å². The fourth-order valence-corrected chi connectivity index (χ4v) is 2.37. The van der Waals surface area contributed by atoms with E-state index in [2.05, 4.69) is 27.2 Å². The van der Waals surface area contributed by atoms with Crippen LogP contribution in [0.1, 0.15) is 42.5 Å². The number of benzene rings is 1. The summed E-state index contributed by atoms with van der Waals surface area (Å²) < 4.78 is 5.73. The van der Waals surface area contributed by atoms with E-state index in [1.807, 2.05) is 18.2 Å². The second-order valence-corrected chi connectivity index (χ2v) is 5.58. The number of hydrogen-bond acceptors (Lipinski definition) is 5. The third kappa shape index (κ3) is 4.12. The smallest absolute Gasteiger partial charge is 0.230 e. The van der Waals surface area contributed by atoms with Crippen molar-refractivity contribution in [3.8, 4) is 0 Å². The first-order chi connectivity index (χ1) is 10.3. The van der Waals surface area contributed by atoms with Gasteiger partial charge in [-0.25, -0.2) is 0 Å². The normalized spacial score (nSPS) is 14.8. The molecule has 1 aromatic carbocycles. The van der Waals surface area contributed by atoms with Crippen molar-refractivity contribution in [1.29, 1.82) is 0 Å². The Bertz CT molecular complexity index is 552. The van der Waals surface area contributed by atoms with Gasteiger partial charge in [0.05, 0.1) is 6.54 Å². The molecule has 2 aromatic rings. The van der Waals surface area contributed by atoms with Crippen LogP contribution in [-0.4, -0.2) is 33.4 Å². The molecule has 0 spiro atoms. The average Bonchev–Trinajstić information content (AvgIpc) is 3.26. The number of nitrogens with zero attached hydrogens (tertiary/aromatic N) is 3. The van der Waals surface area contributed by atoms with E-state index in [1.165, 1.54) is 18.4 Å². The Kier molecular flexibility index (Phi) is 4.62. The summed E-state index contributed by atoms with van der Waals surface area (Å²) in [5.74, 6) is 1.95. The molecule has 0 atom stereocenters. The highest BCUT2D eigenvalue weighted by Crippen LogP contribution is 2.39. The summed E-state index contributed by atoms with van der Waals surface area (Å²) >= 11 is 0. The Morgan fingerprint density at radius 1 is 1.14 bits per heavy atom. The molecule has 112 valence electrons. The second kappa shape index (κ2) is 6.83. The summed E-state index contributed by atoms with van der Waals surface area (Å²) in [5, 5.41) is 17.3. The van der Waals surface area contributed by atoms with Crippen LogP contribution in [0.25, 0.3) is 0 Å². The molecule has 0 saturated heterocycles. The van der Waals surface area contributed by atoms with Crippen LogP contribution in [0, 0.1) is 0 Å². The SMILES string of the molecule is OCCCN(Cc1ccccc1)Cc1nnc(C2CC2)o1. The van der Waals surface area contributed by atoms with E-state index in [0.29, 0.717) is 18.4 Å². The number of rotatable bonds is 8. The Morgan fingerprint density at radius 2 is 1.95 bits per heavy atom. The van der Waals surface area contributed by atoms with Crippen LogP contribution in [0.4, 0.5) is 0 Å². The molecule has 1 heterocycles. The van der Waals surface area contributed by atoms with Crippen molar-refractivity contribution >= 4 is 0 Å². The summed E-state index contributed by atoms with van der Waals surface area (Å²) in [6, 6.07) is 10.3. The van der Waals surface area contributed by atoms with Gasteiger partial charge in [0.1, 0.15) is 0 Å². The summed E-state index contributed by atoms with van der Waals surface area (Å²) in [6.45, 7) is 2.46. The van der Waals surface area contributed by atoms with Gasteiger partial charge in [0.2, 0.25) is 11.8 Å². The van der Waals surface area contributed by atoms with Crippen LogP contribution in [0.15, 0.2) is 34.7 Å². The van der Waals surface area contributed by atoms with Crippen molar-refractivity contribution in [3.63, 3.8) is 0 Å². The Morgan fingerprint density at radius 3 is 2.67 bits per heavy atom. The first-order valence-corrected chi connectivity index (χ1v) is 7.54. The van der Waals surface area contributed by atoms with E-state index in [9.17, 15) is 0 Å². The maximum atomic E-state index is 9.05. The zero-order chi connectivity index (χ0) is 14.5. The predicted molar refractivity (Wildman–Crippen MR) is 78.5 cm³/mol. The van der Waals surface area contributed by atoms with Gasteiger partial charge in [-0.1, -0.05) is 30.3 Å². The molecule has 0 amide bonds. The predicted octanol–water partition coefficient (Wildman–Crippen LogP) is 2.33. The van der Waals surface area contributed by atoms with Gasteiger partial charge in [0, 0.05) is 25.6 Å². The van der Waals surface area contributed by atoms with Crippen molar-refractivity contribution in [3.05, 3.63) is 47.7 Å². The number of hydrogen-bond donors (Lipinski definition) is 1. The van der Waals surface area contributed by atoms with Gasteiger partial charge in [-0.05, 0) is 24.8 Å². The summed E-state index contributed by atoms with van der Waals surface area (Å²) in [5.41, 5.74) is 1.25. The van der Waals surface area contributed by atoms with Gasteiger partial charge in [0.25, 0.3) is 0 Å². The molecule has 1 N–H and O–H groups in total. The molecule has 0 radical (unpaired) electrons. The third-order valence-electron chi connectivity index (χ3n) is 3.65. The van der Waals surface area contributed by atoms with Crippen molar-refractivity contribution in [2.45, 2.75) is 38.3 Å². The monoisotopic (exact) mass is 287 g/mol. The lowest BCUT2D eigenvalue weighted by Crippen LogP contribution is -2.24. The van der Waals surface area contributed by atoms with Gasteiger partial charge < -0.3 is 9.52 Å². The lowest BCUT2D eigenvalue weighted by atomic mass is 10.2. The molecule has 1 saturated carbocycles. The molecule has 1 aromatic heterocycles. The van der Waals surface area contributed by atoms with Crippen LogP contribution in [0.2, 0.25) is 0 Å². The van der Waals surface area contributed by atoms with Crippen LogP contribution in [0.3, 0.4) is 0 Å². The zero-order valence-electron chi connectivity index (χ0n) is 12.1. The van der Waals surface area contributed by atoms with Gasteiger partial charge in [-0.2, -0.15) is 0 Å². The highest BCUT2D eigenvalue weighted by Gasteiger charge is 2.29. The fraction of sp³-hybridized carbons (Fsp3) is 0.500. The fourth-order valence-electron chi connectivity index (χ4n) is 2.37. The molecular formula is C16H21N3O2. The average molecular weight is 287 g/mol. The van der Waals surface area contributed by atoms with Gasteiger partial charge in [-0.3, -0.25) is 4.90 Å². The first kappa shape index (κ1) is 14.2. The van der Waals surface area contributed by atoms with Crippen molar-refractivity contribution in [1.82, 2.24) is 15.1 Å². The number of aliphatic hydroxyl groups excluding tert-OH is 1. The van der Waals surface area contributed by atoms with E-state index in [0.717, 1.165) is 25.4 Å². The molecule has 0 bridgehead atoms. The summed E-state index contributed by atoms with van der Waals surface area (Å²) in [6.07, 6.45) is 3.08. The van der Waals surface area contributed by atoms with E-state index < -0.39 is 0 Å². The van der Waals surface area contributed by atoms with Crippen LogP contribution >= 0.6 is 0 Å². The maximum absolute atomic E-state index is 9.05. The van der Waals surface area contributed by atoms with Gasteiger partial charge in [0.15, 0.2) is 0 Å². The van der Waals surface area contributed by atoms with Crippen LogP contribution in [-0.2, 0) is 13.1 Å². The number of aliphatic hydroxyl groups is 1. The Hall–Kier alpha value is -1.72. The van der Waals surface area contributed by atoms with Crippen LogP contribution in [0.5, 0.6) is 0 Å².